The van der Waals surface area contributed by atoms with Crippen molar-refractivity contribution in [2.75, 3.05) is 0 Å². The van der Waals surface area contributed by atoms with Crippen molar-refractivity contribution in [2.24, 2.45) is 5.41 Å². The Morgan fingerprint density at radius 2 is 2.00 bits per heavy atom. The van der Waals surface area contributed by atoms with Crippen molar-refractivity contribution in [1.82, 2.24) is 0 Å². The monoisotopic (exact) mass is 221 g/mol. The third-order valence-electron chi connectivity index (χ3n) is 3.71. The Balaban J connectivity index is 2.36. The zero-order valence-corrected chi connectivity index (χ0v) is 10.4. The summed E-state index contributed by atoms with van der Waals surface area (Å²) < 4.78 is 0. The molecule has 2 heteroatoms. The Kier molecular flexibility index (Phi) is 5.52. The molecule has 0 aliphatic heterocycles. The van der Waals surface area contributed by atoms with Gasteiger partial charge in [-0.1, -0.05) is 45.4 Å². The lowest BCUT2D eigenvalue weighted by Gasteiger charge is -2.29. The van der Waals surface area contributed by atoms with Crippen LogP contribution in [0.3, 0.4) is 0 Å². The van der Waals surface area contributed by atoms with Gasteiger partial charge in [-0.05, 0) is 19.3 Å². The van der Waals surface area contributed by atoms with Crippen LogP contribution >= 0.6 is 0 Å². The van der Waals surface area contributed by atoms with E-state index in [1.807, 2.05) is 0 Å². The molecule has 90 valence electrons. The molecule has 0 amide bonds. The molecule has 0 aromatic heterocycles. The molecule has 0 bridgehead atoms. The van der Waals surface area contributed by atoms with E-state index in [1.54, 1.807) is 0 Å². The highest BCUT2D eigenvalue weighted by molar-refractivity contribution is 5.88. The molecule has 0 radical (unpaired) electrons. The Morgan fingerprint density at radius 1 is 1.25 bits per heavy atom. The zero-order valence-electron chi connectivity index (χ0n) is 10.4. The molecule has 1 atom stereocenters. The van der Waals surface area contributed by atoms with Crippen molar-refractivity contribution in [2.45, 2.75) is 71.1 Å². The van der Waals surface area contributed by atoms with Crippen molar-refractivity contribution in [3.8, 4) is 6.07 Å². The standard InChI is InChI=1S/C14H23NO/c1-2-3-4-5-7-10-14(12-15)11-8-6-9-13(14)16/h2-11H2,1H3. The van der Waals surface area contributed by atoms with Gasteiger partial charge in [-0.15, -0.1) is 0 Å². The van der Waals surface area contributed by atoms with Gasteiger partial charge in [0.25, 0.3) is 0 Å². The minimum Gasteiger partial charge on any atom is -0.298 e. The van der Waals surface area contributed by atoms with Crippen LogP contribution < -0.4 is 0 Å². The molecular formula is C14H23NO. The van der Waals surface area contributed by atoms with E-state index in [4.69, 9.17) is 0 Å². The van der Waals surface area contributed by atoms with Crippen LogP contribution in [-0.4, -0.2) is 5.78 Å². The highest BCUT2D eigenvalue weighted by Crippen LogP contribution is 2.37. The average Bonchev–Trinajstić information content (AvgIpc) is 2.31. The maximum absolute atomic E-state index is 11.8. The minimum atomic E-state index is -0.607. The Bertz CT molecular complexity index is 266. The molecule has 1 saturated carbocycles. The summed E-state index contributed by atoms with van der Waals surface area (Å²) >= 11 is 0. The third-order valence-corrected chi connectivity index (χ3v) is 3.71. The quantitative estimate of drug-likeness (QED) is 0.636. The summed E-state index contributed by atoms with van der Waals surface area (Å²) in [6.07, 6.45) is 10.2. The Morgan fingerprint density at radius 3 is 2.62 bits per heavy atom. The molecule has 1 rings (SSSR count). The van der Waals surface area contributed by atoms with Crippen molar-refractivity contribution in [3.63, 3.8) is 0 Å². The van der Waals surface area contributed by atoms with E-state index in [9.17, 15) is 10.1 Å². The molecule has 0 aromatic carbocycles. The van der Waals surface area contributed by atoms with E-state index in [1.165, 1.54) is 25.7 Å². The Labute approximate surface area is 99.0 Å². The molecule has 0 aromatic rings. The molecule has 1 aliphatic carbocycles. The number of unbranched alkanes of at least 4 members (excludes halogenated alkanes) is 4. The molecular weight excluding hydrogens is 198 g/mol. The maximum atomic E-state index is 11.8. The summed E-state index contributed by atoms with van der Waals surface area (Å²) in [6.45, 7) is 2.20. The normalized spacial score (nSPS) is 25.4. The predicted octanol–water partition coefficient (Wildman–Crippen LogP) is 4.00. The first-order valence-electron chi connectivity index (χ1n) is 6.70. The van der Waals surface area contributed by atoms with Crippen LogP contribution in [0.15, 0.2) is 0 Å². The molecule has 1 aliphatic rings. The molecule has 1 fully saturated rings. The molecule has 2 nitrogen and oxygen atoms in total. The van der Waals surface area contributed by atoms with Gasteiger partial charge in [0.15, 0.2) is 5.78 Å². The minimum absolute atomic E-state index is 0.205. The van der Waals surface area contributed by atoms with Gasteiger partial charge in [0.05, 0.1) is 6.07 Å². The van der Waals surface area contributed by atoms with Gasteiger partial charge < -0.3 is 0 Å². The first-order chi connectivity index (χ1) is 7.75. The first-order valence-corrected chi connectivity index (χ1v) is 6.70. The molecule has 0 heterocycles. The number of hydrogen-bond donors (Lipinski definition) is 0. The number of nitrogens with zero attached hydrogens (tertiary/aromatic N) is 1. The lowest BCUT2D eigenvalue weighted by molar-refractivity contribution is -0.128. The number of rotatable bonds is 6. The largest absolute Gasteiger partial charge is 0.298 e. The molecule has 1 unspecified atom stereocenters. The second-order valence-corrected chi connectivity index (χ2v) is 4.99. The summed E-state index contributed by atoms with van der Waals surface area (Å²) in [5.74, 6) is 0.205. The van der Waals surface area contributed by atoms with Crippen LogP contribution in [0, 0.1) is 16.7 Å². The van der Waals surface area contributed by atoms with E-state index >= 15 is 0 Å². The van der Waals surface area contributed by atoms with Gasteiger partial charge in [0, 0.05) is 6.42 Å². The van der Waals surface area contributed by atoms with Gasteiger partial charge in [-0.2, -0.15) is 5.26 Å². The fraction of sp³-hybridized carbons (Fsp3) is 0.857. The van der Waals surface area contributed by atoms with Gasteiger partial charge in [0.1, 0.15) is 5.41 Å². The van der Waals surface area contributed by atoms with Crippen molar-refractivity contribution in [1.29, 1.82) is 5.26 Å². The fourth-order valence-electron chi connectivity index (χ4n) is 2.56. The number of carbonyl (C=O) groups excluding carboxylic acids is 1. The SMILES string of the molecule is CCCCCCCC1(C#N)CCCCC1=O. The maximum Gasteiger partial charge on any atom is 0.153 e. The number of ketones is 1. The van der Waals surface area contributed by atoms with Crippen molar-refractivity contribution < 1.29 is 4.79 Å². The van der Waals surface area contributed by atoms with E-state index in [2.05, 4.69) is 13.0 Å². The summed E-state index contributed by atoms with van der Waals surface area (Å²) in [5, 5.41) is 9.24. The van der Waals surface area contributed by atoms with Gasteiger partial charge in [-0.25, -0.2) is 0 Å². The number of nitriles is 1. The molecule has 16 heavy (non-hydrogen) atoms. The molecule has 0 N–H and O–H groups in total. The van der Waals surface area contributed by atoms with E-state index in [0.29, 0.717) is 6.42 Å². The van der Waals surface area contributed by atoms with Gasteiger partial charge in [0.2, 0.25) is 0 Å². The number of Topliss-reactive ketones (excluding diaryl/α,β-unsaturated/α-hetero) is 1. The summed E-state index contributed by atoms with van der Waals surface area (Å²) in [4.78, 5) is 11.8. The number of hydrogen-bond acceptors (Lipinski definition) is 2. The number of carbonyl (C=O) groups is 1. The van der Waals surface area contributed by atoms with Gasteiger partial charge in [-0.3, -0.25) is 4.79 Å². The Hall–Kier alpha value is -0.840. The lowest BCUT2D eigenvalue weighted by atomic mass is 9.71. The van der Waals surface area contributed by atoms with Crippen LogP contribution in [0.1, 0.15) is 71.1 Å². The topological polar surface area (TPSA) is 40.9 Å². The zero-order chi connectivity index (χ0) is 11.9. The third kappa shape index (κ3) is 3.33. The van der Waals surface area contributed by atoms with E-state index < -0.39 is 5.41 Å². The summed E-state index contributed by atoms with van der Waals surface area (Å²) in [5.41, 5.74) is -0.607. The highest BCUT2D eigenvalue weighted by atomic mass is 16.1. The second kappa shape index (κ2) is 6.68. The smallest absolute Gasteiger partial charge is 0.153 e. The van der Waals surface area contributed by atoms with Crippen LogP contribution in [0.5, 0.6) is 0 Å². The predicted molar refractivity (Wildman–Crippen MR) is 64.9 cm³/mol. The van der Waals surface area contributed by atoms with Crippen molar-refractivity contribution in [3.05, 3.63) is 0 Å². The van der Waals surface area contributed by atoms with Crippen LogP contribution in [0.25, 0.3) is 0 Å². The highest BCUT2D eigenvalue weighted by Gasteiger charge is 2.39. The summed E-state index contributed by atoms with van der Waals surface area (Å²) in [6, 6.07) is 2.31. The second-order valence-electron chi connectivity index (χ2n) is 4.99. The van der Waals surface area contributed by atoms with Crippen LogP contribution in [0.4, 0.5) is 0 Å². The van der Waals surface area contributed by atoms with E-state index in [-0.39, 0.29) is 5.78 Å². The first kappa shape index (κ1) is 13.2. The van der Waals surface area contributed by atoms with Crippen LogP contribution in [-0.2, 0) is 4.79 Å². The van der Waals surface area contributed by atoms with Gasteiger partial charge >= 0.3 is 0 Å². The summed E-state index contributed by atoms with van der Waals surface area (Å²) in [7, 11) is 0. The molecule has 0 saturated heterocycles. The fourth-order valence-corrected chi connectivity index (χ4v) is 2.56. The average molecular weight is 221 g/mol. The van der Waals surface area contributed by atoms with Crippen molar-refractivity contribution >= 4 is 5.78 Å². The lowest BCUT2D eigenvalue weighted by Crippen LogP contribution is -2.32. The molecule has 0 spiro atoms. The van der Waals surface area contributed by atoms with Crippen LogP contribution in [0.2, 0.25) is 0 Å². The van der Waals surface area contributed by atoms with E-state index in [0.717, 1.165) is 32.1 Å².